The minimum Gasteiger partial charge on any atom is -0.480 e. The normalized spacial score (nSPS) is 23.4. The third-order valence-electron chi connectivity index (χ3n) is 5.82. The highest BCUT2D eigenvalue weighted by Gasteiger charge is 2.40. The van der Waals surface area contributed by atoms with Gasteiger partial charge in [-0.3, -0.25) is 0 Å². The van der Waals surface area contributed by atoms with Crippen LogP contribution in [0.5, 0.6) is 5.75 Å². The largest absolute Gasteiger partial charge is 0.480 e. The van der Waals surface area contributed by atoms with Crippen molar-refractivity contribution >= 4 is 33.5 Å². The van der Waals surface area contributed by atoms with Crippen LogP contribution < -0.4 is 4.74 Å². The van der Waals surface area contributed by atoms with Gasteiger partial charge in [-0.25, -0.2) is 4.79 Å². The summed E-state index contributed by atoms with van der Waals surface area (Å²) in [6.45, 7) is 9.97. The number of carboxylic acid groups (broad SMARTS) is 1. The Hall–Kier alpha value is -1.82. The van der Waals surface area contributed by atoms with Crippen LogP contribution in [0.2, 0.25) is 5.02 Å². The van der Waals surface area contributed by atoms with Gasteiger partial charge in [0.2, 0.25) is 0 Å². The Kier molecular flexibility index (Phi) is 7.84. The number of rotatable bonds is 7. The summed E-state index contributed by atoms with van der Waals surface area (Å²) < 4.78 is 13.1. The minimum absolute atomic E-state index is 0.00863. The van der Waals surface area contributed by atoms with Gasteiger partial charge in [-0.1, -0.05) is 42.8 Å². The summed E-state index contributed by atoms with van der Waals surface area (Å²) in [4.78, 5) is 11.1. The zero-order chi connectivity index (χ0) is 22.7. The third kappa shape index (κ3) is 5.51. The van der Waals surface area contributed by atoms with Crippen molar-refractivity contribution in [3.05, 3.63) is 74.7 Å². The maximum atomic E-state index is 11.1. The molecule has 31 heavy (non-hydrogen) atoms. The molecule has 0 spiro atoms. The van der Waals surface area contributed by atoms with Gasteiger partial charge in [0.05, 0.1) is 16.7 Å². The van der Waals surface area contributed by atoms with Gasteiger partial charge in [0.1, 0.15) is 5.75 Å². The van der Waals surface area contributed by atoms with Crippen LogP contribution in [-0.2, 0) is 9.53 Å². The first-order chi connectivity index (χ1) is 14.7. The number of hydrogen-bond acceptors (Lipinski definition) is 3. The first kappa shape index (κ1) is 23.8. The maximum Gasteiger partial charge on any atom is 0.341 e. The molecule has 2 aromatic rings. The smallest absolute Gasteiger partial charge is 0.341 e. The Morgan fingerprint density at radius 3 is 2.71 bits per heavy atom. The van der Waals surface area contributed by atoms with Crippen molar-refractivity contribution in [3.63, 3.8) is 0 Å². The fraction of sp³-hybridized carbons (Fsp3) is 0.400. The molecule has 4 atom stereocenters. The van der Waals surface area contributed by atoms with E-state index in [2.05, 4.69) is 35.5 Å². The molecule has 0 bridgehead atoms. The second-order valence-corrected chi connectivity index (χ2v) is 9.49. The van der Waals surface area contributed by atoms with E-state index in [1.165, 1.54) is 0 Å². The highest BCUT2D eigenvalue weighted by atomic mass is 79.9. The molecule has 1 fully saturated rings. The van der Waals surface area contributed by atoms with Crippen LogP contribution in [0.15, 0.2) is 53.0 Å². The zero-order valence-electron chi connectivity index (χ0n) is 18.0. The number of benzene rings is 2. The molecule has 0 radical (unpaired) electrons. The summed E-state index contributed by atoms with van der Waals surface area (Å²) in [7, 11) is 0. The van der Waals surface area contributed by atoms with Crippen LogP contribution in [0.25, 0.3) is 0 Å². The van der Waals surface area contributed by atoms with Crippen LogP contribution in [0.3, 0.4) is 0 Å². The average Bonchev–Trinajstić information content (AvgIpc) is 2.71. The van der Waals surface area contributed by atoms with Crippen LogP contribution in [0, 0.1) is 12.8 Å². The van der Waals surface area contributed by atoms with E-state index in [1.807, 2.05) is 44.2 Å². The Labute approximate surface area is 197 Å². The van der Waals surface area contributed by atoms with Gasteiger partial charge in [-0.05, 0) is 78.0 Å². The van der Waals surface area contributed by atoms with E-state index in [4.69, 9.17) is 26.2 Å². The van der Waals surface area contributed by atoms with Crippen molar-refractivity contribution < 1.29 is 19.4 Å². The standard InChI is InChI=1S/C25H28BrClO4/c1-5-22-19(16-7-6-8-17(27)11-16)12-18(14(2)3)24(31-22)20-9-15(4)10-21(26)25(20)30-13-23(28)29/h6-11,18-19,22,24H,2,5,12-13H2,1,3-4H3,(H,28,29)/t18-,19-,22+,24+/m1/s1. The Balaban J connectivity index is 2.03. The van der Waals surface area contributed by atoms with Crippen LogP contribution in [0.1, 0.15) is 55.4 Å². The second-order valence-electron chi connectivity index (χ2n) is 8.20. The van der Waals surface area contributed by atoms with Gasteiger partial charge in [0.15, 0.2) is 6.61 Å². The van der Waals surface area contributed by atoms with Crippen molar-refractivity contribution in [1.82, 2.24) is 0 Å². The zero-order valence-corrected chi connectivity index (χ0v) is 20.4. The molecule has 0 amide bonds. The number of aliphatic carboxylic acids is 1. The van der Waals surface area contributed by atoms with E-state index in [-0.39, 0.29) is 24.0 Å². The van der Waals surface area contributed by atoms with Crippen LogP contribution >= 0.6 is 27.5 Å². The predicted octanol–water partition coefficient (Wildman–Crippen LogP) is 7.09. The molecule has 6 heteroatoms. The van der Waals surface area contributed by atoms with E-state index in [0.29, 0.717) is 10.8 Å². The van der Waals surface area contributed by atoms with Gasteiger partial charge in [-0.15, -0.1) is 0 Å². The molecule has 0 aliphatic carbocycles. The Morgan fingerprint density at radius 1 is 1.35 bits per heavy atom. The van der Waals surface area contributed by atoms with Crippen LogP contribution in [0.4, 0.5) is 0 Å². The first-order valence-electron chi connectivity index (χ1n) is 10.4. The molecule has 0 saturated carbocycles. The molecule has 1 saturated heterocycles. The number of carboxylic acids is 1. The molecular formula is C25H28BrClO4. The summed E-state index contributed by atoms with van der Waals surface area (Å²) in [5.41, 5.74) is 4.08. The number of carbonyl (C=O) groups is 1. The minimum atomic E-state index is -1.02. The summed E-state index contributed by atoms with van der Waals surface area (Å²) in [5.74, 6) is -0.266. The molecule has 4 nitrogen and oxygen atoms in total. The lowest BCUT2D eigenvalue weighted by molar-refractivity contribution is -0.139. The molecule has 1 heterocycles. The van der Waals surface area contributed by atoms with Crippen molar-refractivity contribution in [1.29, 1.82) is 0 Å². The molecule has 1 aliphatic heterocycles. The van der Waals surface area contributed by atoms with Crippen molar-refractivity contribution in [2.75, 3.05) is 6.61 Å². The highest BCUT2D eigenvalue weighted by Crippen LogP contribution is 2.50. The average molecular weight is 508 g/mol. The fourth-order valence-electron chi connectivity index (χ4n) is 4.40. The molecule has 0 aromatic heterocycles. The van der Waals surface area contributed by atoms with Crippen LogP contribution in [-0.4, -0.2) is 23.8 Å². The lowest BCUT2D eigenvalue weighted by Crippen LogP contribution is -2.36. The lowest BCUT2D eigenvalue weighted by atomic mass is 9.75. The molecule has 3 rings (SSSR count). The van der Waals surface area contributed by atoms with Crippen molar-refractivity contribution in [3.8, 4) is 5.75 Å². The van der Waals surface area contributed by atoms with Gasteiger partial charge in [0, 0.05) is 22.4 Å². The molecule has 2 aromatic carbocycles. The van der Waals surface area contributed by atoms with E-state index in [1.54, 1.807) is 0 Å². The second kappa shape index (κ2) is 10.2. The quantitative estimate of drug-likeness (QED) is 0.406. The molecule has 1 N–H and O–H groups in total. The van der Waals surface area contributed by atoms with E-state index < -0.39 is 12.6 Å². The lowest BCUT2D eigenvalue weighted by Gasteiger charge is -2.43. The topological polar surface area (TPSA) is 55.8 Å². The summed E-state index contributed by atoms with van der Waals surface area (Å²) in [5, 5.41) is 9.84. The van der Waals surface area contributed by atoms with Gasteiger partial charge in [0.25, 0.3) is 0 Å². The number of hydrogen-bond donors (Lipinski definition) is 1. The number of ether oxygens (including phenoxy) is 2. The summed E-state index contributed by atoms with van der Waals surface area (Å²) >= 11 is 9.82. The summed E-state index contributed by atoms with van der Waals surface area (Å²) in [6, 6.07) is 11.9. The van der Waals surface area contributed by atoms with E-state index in [9.17, 15) is 4.79 Å². The van der Waals surface area contributed by atoms with E-state index >= 15 is 0 Å². The molecule has 1 aliphatic rings. The van der Waals surface area contributed by atoms with E-state index in [0.717, 1.165) is 39.6 Å². The Morgan fingerprint density at radius 2 is 2.10 bits per heavy atom. The third-order valence-corrected chi connectivity index (χ3v) is 6.64. The molecular weight excluding hydrogens is 480 g/mol. The highest BCUT2D eigenvalue weighted by molar-refractivity contribution is 9.10. The number of halogens is 2. The Bertz CT molecular complexity index is 974. The van der Waals surface area contributed by atoms with Gasteiger partial charge in [-0.2, -0.15) is 0 Å². The molecule has 0 unspecified atom stereocenters. The first-order valence-corrected chi connectivity index (χ1v) is 11.6. The van der Waals surface area contributed by atoms with Gasteiger partial charge < -0.3 is 14.6 Å². The van der Waals surface area contributed by atoms with Gasteiger partial charge >= 0.3 is 5.97 Å². The molecule has 166 valence electrons. The van der Waals surface area contributed by atoms with Crippen molar-refractivity contribution in [2.24, 2.45) is 5.92 Å². The maximum absolute atomic E-state index is 11.1. The summed E-state index contributed by atoms with van der Waals surface area (Å²) in [6.07, 6.45) is 1.42. The van der Waals surface area contributed by atoms with Crippen molar-refractivity contribution in [2.45, 2.75) is 51.7 Å². The monoisotopic (exact) mass is 506 g/mol. The SMILES string of the molecule is C=C(C)[C@H]1C[C@H](c2cccc(Cl)c2)[C@H](CC)O[C@@H]1c1cc(C)cc(Br)c1OCC(=O)O. The fourth-order valence-corrected chi connectivity index (χ4v) is 5.30. The predicted molar refractivity (Wildman–Crippen MR) is 127 cm³/mol. The number of aryl methyl sites for hydroxylation is 1.